The number of halogens is 3. The number of likely N-dealkylation sites (N-methyl/N-ethyl adjacent to an activating group) is 1. The maximum absolute atomic E-state index is 12.8. The topological polar surface area (TPSA) is 98.7 Å². The Morgan fingerprint density at radius 3 is 2.10 bits per heavy atom. The predicted molar refractivity (Wildman–Crippen MR) is 149 cm³/mol. The van der Waals surface area contributed by atoms with Crippen LogP contribution in [0.15, 0.2) is 77.7 Å². The van der Waals surface area contributed by atoms with Crippen LogP contribution in [0, 0.1) is 0 Å². The second-order valence-corrected chi connectivity index (χ2v) is 11.5. The van der Waals surface area contributed by atoms with E-state index in [0.29, 0.717) is 37.3 Å². The number of nitrogens with one attached hydrogen (secondary N) is 2. The highest BCUT2D eigenvalue weighted by Crippen LogP contribution is 2.29. The van der Waals surface area contributed by atoms with E-state index in [4.69, 9.17) is 0 Å². The fraction of sp³-hybridized carbons (Fsp3) is 0.345. The summed E-state index contributed by atoms with van der Waals surface area (Å²) in [5.41, 5.74) is 1.99. The average molecular weight is 578 g/mol. The second kappa shape index (κ2) is 13.8. The Bertz CT molecular complexity index is 1350. The van der Waals surface area contributed by atoms with Crippen molar-refractivity contribution in [2.24, 2.45) is 0 Å². The third-order valence-electron chi connectivity index (χ3n) is 6.55. The van der Waals surface area contributed by atoms with Crippen LogP contribution in [-0.4, -0.2) is 51.4 Å². The molecule has 7 nitrogen and oxygen atoms in total. The molecule has 40 heavy (non-hydrogen) atoms. The van der Waals surface area contributed by atoms with Crippen molar-refractivity contribution in [2.45, 2.75) is 37.5 Å². The molecule has 11 heteroatoms. The predicted octanol–water partition coefficient (Wildman–Crippen LogP) is 4.58. The fourth-order valence-corrected chi connectivity index (χ4v) is 4.99. The first-order valence-corrected chi connectivity index (χ1v) is 14.6. The van der Waals surface area contributed by atoms with Crippen LogP contribution in [-0.2, 0) is 22.6 Å². The molecule has 0 spiro atoms. The first-order chi connectivity index (χ1) is 19.0. The van der Waals surface area contributed by atoms with Gasteiger partial charge in [-0.3, -0.25) is 4.79 Å². The minimum absolute atomic E-state index is 0.0167. The zero-order valence-corrected chi connectivity index (χ0v) is 23.2. The number of anilines is 1. The Morgan fingerprint density at radius 2 is 1.57 bits per heavy atom. The van der Waals surface area contributed by atoms with Crippen LogP contribution in [0.2, 0.25) is 0 Å². The van der Waals surface area contributed by atoms with Crippen LogP contribution in [0.5, 0.6) is 0 Å². The summed E-state index contributed by atoms with van der Waals surface area (Å²) in [5.74, 6) is -0.394. The zero-order chi connectivity index (χ0) is 29.3. The standard InChI is InChI=1S/C29H34F3N3O4S/c1-3-35(18-17-33-19-21-5-11-24(12-6-21)29(30,31)32)25-13-7-23(8-14-25)28(37)34-27(20-36)22-9-15-26(16-10-22)40(38,39)4-2/h5-16,27,33,36H,3-4,17-20H2,1-2H3,(H,34,37)/t27-/m0/s1. The molecule has 0 heterocycles. The summed E-state index contributed by atoms with van der Waals surface area (Å²) >= 11 is 0. The van der Waals surface area contributed by atoms with Gasteiger partial charge in [0.05, 0.1) is 28.9 Å². The third kappa shape index (κ3) is 8.30. The van der Waals surface area contributed by atoms with Gasteiger partial charge in [-0.2, -0.15) is 13.2 Å². The van der Waals surface area contributed by atoms with Gasteiger partial charge in [-0.05, 0) is 66.6 Å². The first-order valence-electron chi connectivity index (χ1n) is 12.9. The summed E-state index contributed by atoms with van der Waals surface area (Å²) in [5, 5.41) is 15.8. The van der Waals surface area contributed by atoms with Gasteiger partial charge in [-0.25, -0.2) is 8.42 Å². The SMILES string of the molecule is CCN(CCNCc1ccc(C(F)(F)F)cc1)c1ccc(C(=O)N[C@@H](CO)c2ccc(S(=O)(=O)CC)cc2)cc1. The van der Waals surface area contributed by atoms with Crippen LogP contribution < -0.4 is 15.5 Å². The molecular formula is C29H34F3N3O4S. The molecule has 3 aromatic rings. The highest BCUT2D eigenvalue weighted by Gasteiger charge is 2.29. The van der Waals surface area contributed by atoms with Crippen molar-refractivity contribution in [3.63, 3.8) is 0 Å². The number of hydrogen-bond acceptors (Lipinski definition) is 6. The van der Waals surface area contributed by atoms with E-state index in [9.17, 15) is 31.5 Å². The van der Waals surface area contributed by atoms with Crippen LogP contribution in [0.3, 0.4) is 0 Å². The van der Waals surface area contributed by atoms with E-state index in [1.807, 2.05) is 19.1 Å². The molecule has 3 N–H and O–H groups in total. The van der Waals surface area contributed by atoms with Gasteiger partial charge in [0.1, 0.15) is 0 Å². The molecule has 0 aromatic heterocycles. The first kappa shape index (κ1) is 31.1. The number of aliphatic hydroxyl groups is 1. The number of benzene rings is 3. The molecule has 1 atom stereocenters. The molecule has 0 radical (unpaired) electrons. The van der Waals surface area contributed by atoms with Crippen molar-refractivity contribution in [2.75, 3.05) is 36.9 Å². The molecule has 3 rings (SSSR count). The summed E-state index contributed by atoms with van der Waals surface area (Å²) in [7, 11) is -3.35. The van der Waals surface area contributed by atoms with Gasteiger partial charge in [0.2, 0.25) is 0 Å². The summed E-state index contributed by atoms with van der Waals surface area (Å²) in [6.45, 7) is 5.62. The number of carbonyl (C=O) groups is 1. The van der Waals surface area contributed by atoms with Gasteiger partial charge < -0.3 is 20.6 Å². The summed E-state index contributed by atoms with van der Waals surface area (Å²) in [6.07, 6.45) is -4.35. The molecule has 0 saturated carbocycles. The minimum Gasteiger partial charge on any atom is -0.394 e. The number of sulfone groups is 1. The second-order valence-electron chi connectivity index (χ2n) is 9.18. The average Bonchev–Trinajstić information content (AvgIpc) is 2.96. The number of rotatable bonds is 13. The minimum atomic E-state index is -4.35. The van der Waals surface area contributed by atoms with E-state index < -0.39 is 27.6 Å². The Balaban J connectivity index is 1.53. The van der Waals surface area contributed by atoms with Crippen molar-refractivity contribution >= 4 is 21.4 Å². The van der Waals surface area contributed by atoms with Crippen molar-refractivity contribution in [1.29, 1.82) is 0 Å². The summed E-state index contributed by atoms with van der Waals surface area (Å²) in [4.78, 5) is 15.1. The van der Waals surface area contributed by atoms with Crippen molar-refractivity contribution < 1.29 is 31.5 Å². The van der Waals surface area contributed by atoms with E-state index in [-0.39, 0.29) is 23.2 Å². The molecule has 3 aromatic carbocycles. The molecule has 0 fully saturated rings. The number of nitrogens with zero attached hydrogens (tertiary/aromatic N) is 1. The quantitative estimate of drug-likeness (QED) is 0.258. The van der Waals surface area contributed by atoms with E-state index >= 15 is 0 Å². The van der Waals surface area contributed by atoms with Gasteiger partial charge in [0, 0.05) is 37.4 Å². The van der Waals surface area contributed by atoms with Gasteiger partial charge in [-0.15, -0.1) is 0 Å². The van der Waals surface area contributed by atoms with Crippen molar-refractivity contribution in [3.05, 3.63) is 95.1 Å². The van der Waals surface area contributed by atoms with E-state index in [1.165, 1.54) is 24.3 Å². The summed E-state index contributed by atoms with van der Waals surface area (Å²) < 4.78 is 62.2. The summed E-state index contributed by atoms with van der Waals surface area (Å²) in [6, 6.07) is 17.5. The maximum atomic E-state index is 12.8. The van der Waals surface area contributed by atoms with E-state index in [0.717, 1.165) is 23.4 Å². The maximum Gasteiger partial charge on any atom is 0.416 e. The zero-order valence-electron chi connectivity index (χ0n) is 22.4. The van der Waals surface area contributed by atoms with E-state index in [1.54, 1.807) is 31.2 Å². The largest absolute Gasteiger partial charge is 0.416 e. The third-order valence-corrected chi connectivity index (χ3v) is 8.31. The Labute approximate surface area is 232 Å². The monoisotopic (exact) mass is 577 g/mol. The molecule has 0 aliphatic rings. The highest BCUT2D eigenvalue weighted by atomic mass is 32.2. The van der Waals surface area contributed by atoms with Crippen LogP contribution in [0.4, 0.5) is 18.9 Å². The Kier molecular flexibility index (Phi) is 10.7. The van der Waals surface area contributed by atoms with Gasteiger partial charge in [0.25, 0.3) is 5.91 Å². The number of aliphatic hydroxyl groups excluding tert-OH is 1. The number of hydrogen-bond donors (Lipinski definition) is 3. The van der Waals surface area contributed by atoms with Gasteiger partial charge in [0.15, 0.2) is 9.84 Å². The number of alkyl halides is 3. The lowest BCUT2D eigenvalue weighted by Crippen LogP contribution is -2.32. The molecule has 0 aliphatic heterocycles. The number of carbonyl (C=O) groups excluding carboxylic acids is 1. The van der Waals surface area contributed by atoms with Gasteiger partial charge in [-0.1, -0.05) is 31.2 Å². The fourth-order valence-electron chi connectivity index (χ4n) is 4.10. The molecular weight excluding hydrogens is 543 g/mol. The molecule has 1 amide bonds. The van der Waals surface area contributed by atoms with Crippen molar-refractivity contribution in [1.82, 2.24) is 10.6 Å². The van der Waals surface area contributed by atoms with Crippen molar-refractivity contribution in [3.8, 4) is 0 Å². The van der Waals surface area contributed by atoms with E-state index in [2.05, 4.69) is 15.5 Å². The lowest BCUT2D eigenvalue weighted by atomic mass is 10.1. The van der Waals surface area contributed by atoms with Gasteiger partial charge >= 0.3 is 6.18 Å². The Hall–Kier alpha value is -3.41. The van der Waals surface area contributed by atoms with Crippen LogP contribution >= 0.6 is 0 Å². The Morgan fingerprint density at radius 1 is 0.950 bits per heavy atom. The lowest BCUT2D eigenvalue weighted by Gasteiger charge is -2.24. The normalized spacial score (nSPS) is 12.7. The number of amides is 1. The molecule has 0 unspecified atom stereocenters. The smallest absolute Gasteiger partial charge is 0.394 e. The molecule has 0 bridgehead atoms. The highest BCUT2D eigenvalue weighted by molar-refractivity contribution is 7.91. The molecule has 0 aliphatic carbocycles. The van der Waals surface area contributed by atoms with Crippen LogP contribution in [0.25, 0.3) is 0 Å². The molecule has 216 valence electrons. The van der Waals surface area contributed by atoms with Crippen LogP contribution in [0.1, 0.15) is 46.9 Å². The lowest BCUT2D eigenvalue weighted by molar-refractivity contribution is -0.137. The molecule has 0 saturated heterocycles.